The van der Waals surface area contributed by atoms with E-state index in [1.807, 2.05) is 18.8 Å². The second-order valence-corrected chi connectivity index (χ2v) is 5.82. The van der Waals surface area contributed by atoms with Gasteiger partial charge < -0.3 is 5.32 Å². The van der Waals surface area contributed by atoms with Crippen LogP contribution in [-0.2, 0) is 7.05 Å². The average Bonchev–Trinajstić information content (AvgIpc) is 2.70. The smallest absolute Gasteiger partial charge is 0.0644 e. The first-order valence-corrected chi connectivity index (χ1v) is 7.47. The second-order valence-electron chi connectivity index (χ2n) is 5.82. The highest BCUT2D eigenvalue weighted by Crippen LogP contribution is 2.40. The molecule has 1 aliphatic rings. The lowest BCUT2D eigenvalue weighted by Gasteiger charge is -2.30. The van der Waals surface area contributed by atoms with Gasteiger partial charge in [-0.25, -0.2) is 0 Å². The summed E-state index contributed by atoms with van der Waals surface area (Å²) in [5, 5.41) is 7.97. The van der Waals surface area contributed by atoms with Crippen molar-refractivity contribution >= 4 is 0 Å². The number of benzene rings is 1. The number of nitrogens with zero attached hydrogens (tertiary/aromatic N) is 2. The van der Waals surface area contributed by atoms with Crippen molar-refractivity contribution in [3.63, 3.8) is 0 Å². The van der Waals surface area contributed by atoms with E-state index >= 15 is 0 Å². The maximum atomic E-state index is 4.49. The molecule has 1 unspecified atom stereocenters. The Bertz CT molecular complexity index is 596. The zero-order chi connectivity index (χ0) is 14.1. The second kappa shape index (κ2) is 5.41. The molecule has 3 rings (SSSR count). The van der Waals surface area contributed by atoms with Crippen molar-refractivity contribution in [2.45, 2.75) is 38.1 Å². The number of aromatic nitrogens is 2. The van der Waals surface area contributed by atoms with Crippen LogP contribution in [0.4, 0.5) is 0 Å². The fourth-order valence-corrected chi connectivity index (χ4v) is 3.24. The summed E-state index contributed by atoms with van der Waals surface area (Å²) < 4.78 is 1.90. The molecule has 0 bridgehead atoms. The molecule has 1 aliphatic carbocycles. The van der Waals surface area contributed by atoms with Crippen molar-refractivity contribution in [3.05, 3.63) is 52.8 Å². The maximum absolute atomic E-state index is 4.49. The van der Waals surface area contributed by atoms with Crippen LogP contribution >= 0.6 is 0 Å². The molecule has 3 nitrogen and oxygen atoms in total. The van der Waals surface area contributed by atoms with E-state index in [1.54, 1.807) is 0 Å². The van der Waals surface area contributed by atoms with E-state index in [-0.39, 0.29) is 6.04 Å². The molecule has 1 aromatic heterocycles. The van der Waals surface area contributed by atoms with Gasteiger partial charge in [0.1, 0.15) is 0 Å². The minimum Gasteiger partial charge on any atom is -0.309 e. The average molecular weight is 269 g/mol. The van der Waals surface area contributed by atoms with Crippen molar-refractivity contribution in [2.75, 3.05) is 7.05 Å². The standard InChI is InChI=1S/C17H23N3/c1-12-16(11-20(3)19-12)17(18-2)15-10-5-4-9-14(15)13-7-6-8-13/h4-5,9-11,13,17-18H,6-8H2,1-3H3. The Labute approximate surface area is 121 Å². The molecule has 1 fully saturated rings. The predicted molar refractivity (Wildman–Crippen MR) is 81.9 cm³/mol. The first-order valence-electron chi connectivity index (χ1n) is 7.47. The number of hydrogen-bond acceptors (Lipinski definition) is 2. The first kappa shape index (κ1) is 13.4. The van der Waals surface area contributed by atoms with E-state index in [0.717, 1.165) is 11.6 Å². The Morgan fingerprint density at radius 3 is 2.55 bits per heavy atom. The summed E-state index contributed by atoms with van der Waals surface area (Å²) >= 11 is 0. The van der Waals surface area contributed by atoms with Crippen LogP contribution < -0.4 is 5.32 Å². The van der Waals surface area contributed by atoms with Crippen LogP contribution in [0.3, 0.4) is 0 Å². The molecule has 20 heavy (non-hydrogen) atoms. The Kier molecular flexibility index (Phi) is 3.62. The number of aryl methyl sites for hydroxylation is 2. The molecule has 1 saturated carbocycles. The summed E-state index contributed by atoms with van der Waals surface area (Å²) in [5.74, 6) is 0.749. The molecule has 0 saturated heterocycles. The molecular formula is C17H23N3. The van der Waals surface area contributed by atoms with Gasteiger partial charge in [-0.05, 0) is 43.9 Å². The Morgan fingerprint density at radius 1 is 1.25 bits per heavy atom. The van der Waals surface area contributed by atoms with Crippen molar-refractivity contribution < 1.29 is 0 Å². The first-order chi connectivity index (χ1) is 9.70. The Hall–Kier alpha value is -1.61. The highest BCUT2D eigenvalue weighted by molar-refractivity contribution is 5.40. The number of hydrogen-bond donors (Lipinski definition) is 1. The quantitative estimate of drug-likeness (QED) is 0.923. The number of nitrogens with one attached hydrogen (secondary N) is 1. The van der Waals surface area contributed by atoms with Crippen molar-refractivity contribution in [1.82, 2.24) is 15.1 Å². The van der Waals surface area contributed by atoms with E-state index in [1.165, 1.54) is 36.0 Å². The van der Waals surface area contributed by atoms with Gasteiger partial charge in [-0.3, -0.25) is 4.68 Å². The SMILES string of the molecule is CNC(c1ccccc1C1CCC1)c1cn(C)nc1C. The largest absolute Gasteiger partial charge is 0.309 e. The molecule has 0 amide bonds. The maximum Gasteiger partial charge on any atom is 0.0644 e. The van der Waals surface area contributed by atoms with Gasteiger partial charge in [0.2, 0.25) is 0 Å². The lowest BCUT2D eigenvalue weighted by Crippen LogP contribution is -2.22. The minimum atomic E-state index is 0.237. The summed E-state index contributed by atoms with van der Waals surface area (Å²) in [5.41, 5.74) is 5.31. The van der Waals surface area contributed by atoms with Crippen LogP contribution in [0.15, 0.2) is 30.5 Å². The van der Waals surface area contributed by atoms with Gasteiger partial charge in [-0.15, -0.1) is 0 Å². The minimum absolute atomic E-state index is 0.237. The molecule has 3 heteroatoms. The molecular weight excluding hydrogens is 246 g/mol. The highest BCUT2D eigenvalue weighted by Gasteiger charge is 2.26. The third kappa shape index (κ3) is 2.27. The Morgan fingerprint density at radius 2 is 2.00 bits per heavy atom. The summed E-state index contributed by atoms with van der Waals surface area (Å²) in [6.45, 7) is 2.09. The Balaban J connectivity index is 2.03. The van der Waals surface area contributed by atoms with Gasteiger partial charge in [0.25, 0.3) is 0 Å². The molecule has 1 atom stereocenters. The molecule has 0 aliphatic heterocycles. The lowest BCUT2D eigenvalue weighted by atomic mass is 9.76. The molecule has 0 radical (unpaired) electrons. The molecule has 0 spiro atoms. The molecule has 1 heterocycles. The fourth-order valence-electron chi connectivity index (χ4n) is 3.24. The monoisotopic (exact) mass is 269 g/mol. The zero-order valence-corrected chi connectivity index (χ0v) is 12.6. The van der Waals surface area contributed by atoms with E-state index in [4.69, 9.17) is 0 Å². The van der Waals surface area contributed by atoms with Crippen molar-refractivity contribution in [1.29, 1.82) is 0 Å². The van der Waals surface area contributed by atoms with Gasteiger partial charge in [0, 0.05) is 18.8 Å². The zero-order valence-electron chi connectivity index (χ0n) is 12.6. The summed E-state index contributed by atoms with van der Waals surface area (Å²) in [6.07, 6.45) is 6.17. The van der Waals surface area contributed by atoms with E-state index < -0.39 is 0 Å². The van der Waals surface area contributed by atoms with Crippen molar-refractivity contribution in [3.8, 4) is 0 Å². The van der Waals surface area contributed by atoms with Crippen LogP contribution in [0, 0.1) is 6.92 Å². The normalized spacial score (nSPS) is 16.9. The van der Waals surface area contributed by atoms with E-state index in [2.05, 4.69) is 47.8 Å². The highest BCUT2D eigenvalue weighted by atomic mass is 15.3. The van der Waals surface area contributed by atoms with Crippen LogP contribution in [0.2, 0.25) is 0 Å². The lowest BCUT2D eigenvalue weighted by molar-refractivity contribution is 0.415. The van der Waals surface area contributed by atoms with Crippen LogP contribution in [0.25, 0.3) is 0 Å². The van der Waals surface area contributed by atoms with E-state index in [0.29, 0.717) is 0 Å². The summed E-state index contributed by atoms with van der Waals surface area (Å²) in [6, 6.07) is 9.12. The predicted octanol–water partition coefficient (Wildman–Crippen LogP) is 3.30. The van der Waals surface area contributed by atoms with Crippen LogP contribution in [-0.4, -0.2) is 16.8 Å². The van der Waals surface area contributed by atoms with Gasteiger partial charge in [-0.2, -0.15) is 5.10 Å². The van der Waals surface area contributed by atoms with Crippen molar-refractivity contribution in [2.24, 2.45) is 7.05 Å². The fraction of sp³-hybridized carbons (Fsp3) is 0.471. The van der Waals surface area contributed by atoms with Crippen LogP contribution in [0.1, 0.15) is 53.6 Å². The molecule has 1 N–H and O–H groups in total. The molecule has 106 valence electrons. The van der Waals surface area contributed by atoms with Gasteiger partial charge in [-0.1, -0.05) is 30.7 Å². The van der Waals surface area contributed by atoms with Gasteiger partial charge in [0.15, 0.2) is 0 Å². The summed E-state index contributed by atoms with van der Waals surface area (Å²) in [7, 11) is 4.02. The van der Waals surface area contributed by atoms with Gasteiger partial charge in [0.05, 0.1) is 11.7 Å². The van der Waals surface area contributed by atoms with E-state index in [9.17, 15) is 0 Å². The number of rotatable bonds is 4. The summed E-state index contributed by atoms with van der Waals surface area (Å²) in [4.78, 5) is 0. The van der Waals surface area contributed by atoms with Crippen LogP contribution in [0.5, 0.6) is 0 Å². The topological polar surface area (TPSA) is 29.9 Å². The van der Waals surface area contributed by atoms with Gasteiger partial charge >= 0.3 is 0 Å². The third-order valence-corrected chi connectivity index (χ3v) is 4.50. The molecule has 1 aromatic carbocycles. The molecule has 2 aromatic rings. The third-order valence-electron chi connectivity index (χ3n) is 4.50.